The molecule has 0 atom stereocenters. The van der Waals surface area contributed by atoms with Crippen molar-refractivity contribution < 1.29 is 28.2 Å². The van der Waals surface area contributed by atoms with Crippen LogP contribution in [0.5, 0.6) is 0 Å². The van der Waals surface area contributed by atoms with Crippen molar-refractivity contribution in [2.45, 2.75) is 34.0 Å². The smallest absolute Gasteiger partial charge is 0.342 e. The Morgan fingerprint density at radius 3 is 2.47 bits per heavy atom. The molecule has 10 heteroatoms. The van der Waals surface area contributed by atoms with Gasteiger partial charge in [0.2, 0.25) is 5.71 Å². The van der Waals surface area contributed by atoms with Gasteiger partial charge in [-0.1, -0.05) is 18.2 Å². The lowest BCUT2D eigenvalue weighted by atomic mass is 10.0. The van der Waals surface area contributed by atoms with Gasteiger partial charge >= 0.3 is 11.9 Å². The predicted octanol–water partition coefficient (Wildman–Crippen LogP) is 3.65. The minimum Gasteiger partial charge on any atom is -0.462 e. The van der Waals surface area contributed by atoms with E-state index in [-0.39, 0.29) is 48.1 Å². The average Bonchev–Trinajstić information content (AvgIpc) is 3.14. The number of anilines is 1. The third-order valence-corrected chi connectivity index (χ3v) is 5.33. The van der Waals surface area contributed by atoms with Crippen LogP contribution in [0.3, 0.4) is 0 Å². The number of aryl methyl sites for hydroxylation is 2. The fourth-order valence-electron chi connectivity index (χ4n) is 3.85. The predicted molar refractivity (Wildman–Crippen MR) is 123 cm³/mol. The molecule has 0 saturated heterocycles. The lowest BCUT2D eigenvalue weighted by Gasteiger charge is -2.13. The molecule has 4 aromatic rings. The topological polar surface area (TPSA) is 140 Å². The van der Waals surface area contributed by atoms with Crippen LogP contribution in [-0.2, 0) is 27.4 Å². The first-order valence-corrected chi connectivity index (χ1v) is 10.6. The number of para-hydroxylation sites is 1. The summed E-state index contributed by atoms with van der Waals surface area (Å²) in [7, 11) is 1.53. The number of furan rings is 1. The molecule has 0 amide bonds. The van der Waals surface area contributed by atoms with E-state index in [1.807, 2.05) is 31.2 Å². The first-order chi connectivity index (χ1) is 16.3. The molecule has 0 bridgehead atoms. The van der Waals surface area contributed by atoms with Gasteiger partial charge in [0.25, 0.3) is 0 Å². The third-order valence-electron chi connectivity index (χ3n) is 5.33. The van der Waals surface area contributed by atoms with Crippen molar-refractivity contribution in [3.8, 4) is 0 Å². The largest absolute Gasteiger partial charge is 0.462 e. The summed E-state index contributed by atoms with van der Waals surface area (Å²) >= 11 is 0. The number of ether oxygens (including phenoxy) is 3. The van der Waals surface area contributed by atoms with Crippen molar-refractivity contribution in [1.82, 2.24) is 15.0 Å². The van der Waals surface area contributed by atoms with Crippen molar-refractivity contribution in [2.75, 3.05) is 19.5 Å². The van der Waals surface area contributed by atoms with E-state index in [2.05, 4.69) is 15.0 Å². The maximum Gasteiger partial charge on any atom is 0.342 e. The molecule has 0 radical (unpaired) electrons. The first-order valence-electron chi connectivity index (χ1n) is 10.6. The van der Waals surface area contributed by atoms with Crippen LogP contribution in [0.2, 0.25) is 0 Å². The number of hydrogen-bond donors (Lipinski definition) is 1. The Kier molecular flexibility index (Phi) is 6.42. The van der Waals surface area contributed by atoms with Crippen LogP contribution in [0.25, 0.3) is 22.0 Å². The van der Waals surface area contributed by atoms with E-state index in [1.54, 1.807) is 13.8 Å². The van der Waals surface area contributed by atoms with Crippen LogP contribution < -0.4 is 5.73 Å². The molecule has 0 spiro atoms. The number of nitrogen functional groups attached to an aromatic ring is 1. The average molecular weight is 464 g/mol. The molecule has 10 nitrogen and oxygen atoms in total. The lowest BCUT2D eigenvalue weighted by Crippen LogP contribution is -2.14. The second-order valence-corrected chi connectivity index (χ2v) is 7.54. The summed E-state index contributed by atoms with van der Waals surface area (Å²) in [5.74, 6) is -0.696. The molecule has 34 heavy (non-hydrogen) atoms. The Bertz CT molecular complexity index is 1410. The van der Waals surface area contributed by atoms with Crippen LogP contribution in [-0.4, -0.2) is 40.6 Å². The molecule has 3 aromatic heterocycles. The number of hydrogen-bond acceptors (Lipinski definition) is 10. The molecule has 176 valence electrons. The molecular formula is C24H24N4O6. The maximum absolute atomic E-state index is 13.1. The van der Waals surface area contributed by atoms with E-state index in [0.717, 1.165) is 16.5 Å². The van der Waals surface area contributed by atoms with Crippen LogP contribution >= 0.6 is 0 Å². The van der Waals surface area contributed by atoms with Gasteiger partial charge in [0.1, 0.15) is 17.1 Å². The molecule has 0 saturated carbocycles. The van der Waals surface area contributed by atoms with Crippen molar-refractivity contribution in [3.63, 3.8) is 0 Å². The number of methoxy groups -OCH3 is 1. The highest BCUT2D eigenvalue weighted by Gasteiger charge is 2.25. The van der Waals surface area contributed by atoms with E-state index in [0.29, 0.717) is 17.0 Å². The Morgan fingerprint density at radius 2 is 1.74 bits per heavy atom. The number of benzene rings is 1. The highest BCUT2D eigenvalue weighted by Crippen LogP contribution is 2.29. The number of rotatable bonds is 7. The van der Waals surface area contributed by atoms with Crippen LogP contribution in [0.4, 0.5) is 5.82 Å². The van der Waals surface area contributed by atoms with E-state index >= 15 is 0 Å². The highest BCUT2D eigenvalue weighted by molar-refractivity contribution is 6.07. The van der Waals surface area contributed by atoms with Gasteiger partial charge in [-0.15, -0.1) is 0 Å². The van der Waals surface area contributed by atoms with Crippen molar-refractivity contribution in [3.05, 3.63) is 58.2 Å². The fraction of sp³-hybridized carbons (Fsp3) is 0.292. The first kappa shape index (κ1) is 23.1. The number of carbonyl (C=O) groups is 2. The van der Waals surface area contributed by atoms with Crippen LogP contribution in [0.15, 0.2) is 28.7 Å². The summed E-state index contributed by atoms with van der Waals surface area (Å²) in [6.45, 7) is 5.24. The summed E-state index contributed by atoms with van der Waals surface area (Å²) in [5.41, 5.74) is 8.68. The minimum atomic E-state index is -0.590. The van der Waals surface area contributed by atoms with Crippen LogP contribution in [0.1, 0.15) is 50.5 Å². The molecule has 0 aliphatic heterocycles. The number of esters is 2. The molecule has 0 unspecified atom stereocenters. The maximum atomic E-state index is 13.1. The highest BCUT2D eigenvalue weighted by atomic mass is 16.5. The Labute approximate surface area is 195 Å². The van der Waals surface area contributed by atoms with Gasteiger partial charge in [0.15, 0.2) is 12.4 Å². The molecule has 0 fully saturated rings. The van der Waals surface area contributed by atoms with Crippen molar-refractivity contribution in [2.24, 2.45) is 0 Å². The zero-order valence-corrected chi connectivity index (χ0v) is 19.3. The summed E-state index contributed by atoms with van der Waals surface area (Å²) in [6, 6.07) is 7.52. The number of nitrogens with zero attached hydrogens (tertiary/aromatic N) is 3. The number of nitrogens with two attached hydrogens (primary N) is 1. The Hall–Kier alpha value is -4.05. The molecule has 1 aromatic carbocycles. The number of pyridine rings is 1. The third kappa shape index (κ3) is 4.15. The molecular weight excluding hydrogens is 440 g/mol. The summed E-state index contributed by atoms with van der Waals surface area (Å²) < 4.78 is 21.4. The Morgan fingerprint density at radius 1 is 1.00 bits per heavy atom. The zero-order chi connectivity index (χ0) is 24.4. The van der Waals surface area contributed by atoms with Gasteiger partial charge in [-0.25, -0.2) is 19.6 Å². The SMILES string of the molecule is CCOC(=O)c1c(C)oc2nc(COC(=O)c3c(COC)nc4ccccc4c3C)nc(N)c12. The van der Waals surface area contributed by atoms with Gasteiger partial charge in [-0.05, 0) is 32.4 Å². The lowest BCUT2D eigenvalue weighted by molar-refractivity contribution is 0.0455. The van der Waals surface area contributed by atoms with Crippen molar-refractivity contribution >= 4 is 39.8 Å². The van der Waals surface area contributed by atoms with Gasteiger partial charge in [-0.2, -0.15) is 4.98 Å². The normalized spacial score (nSPS) is 11.2. The van der Waals surface area contributed by atoms with E-state index in [1.165, 1.54) is 7.11 Å². The summed E-state index contributed by atoms with van der Waals surface area (Å²) in [5, 5.41) is 1.11. The minimum absolute atomic E-state index is 0.0274. The van der Waals surface area contributed by atoms with Crippen molar-refractivity contribution in [1.29, 1.82) is 0 Å². The second-order valence-electron chi connectivity index (χ2n) is 7.54. The fourth-order valence-corrected chi connectivity index (χ4v) is 3.85. The molecule has 0 aliphatic rings. The Balaban J connectivity index is 1.64. The molecule has 2 N–H and O–H groups in total. The van der Waals surface area contributed by atoms with Crippen LogP contribution in [0, 0.1) is 13.8 Å². The van der Waals surface area contributed by atoms with E-state index in [4.69, 9.17) is 24.4 Å². The van der Waals surface area contributed by atoms with Gasteiger partial charge < -0.3 is 24.4 Å². The standard InChI is InChI=1S/C24H24N4O6/c1-5-32-24(30)19-13(3)34-22-20(19)21(25)27-17(28-22)11-33-23(29)18-12(2)14-8-6-7-9-15(14)26-16(18)10-31-4/h6-9H,5,10-11H2,1-4H3,(H2,25,27,28). The number of carbonyl (C=O) groups excluding carboxylic acids is 2. The monoisotopic (exact) mass is 464 g/mol. The number of aromatic nitrogens is 3. The summed E-state index contributed by atoms with van der Waals surface area (Å²) in [4.78, 5) is 38.4. The van der Waals surface area contributed by atoms with E-state index in [9.17, 15) is 9.59 Å². The molecule has 0 aliphatic carbocycles. The van der Waals surface area contributed by atoms with Gasteiger partial charge in [0, 0.05) is 12.5 Å². The van der Waals surface area contributed by atoms with Gasteiger partial charge in [-0.3, -0.25) is 0 Å². The van der Waals surface area contributed by atoms with E-state index < -0.39 is 11.9 Å². The molecule has 3 heterocycles. The second kappa shape index (κ2) is 9.44. The zero-order valence-electron chi connectivity index (χ0n) is 19.3. The molecule has 4 rings (SSSR count). The van der Waals surface area contributed by atoms with Gasteiger partial charge in [0.05, 0.1) is 35.4 Å². The summed E-state index contributed by atoms with van der Waals surface area (Å²) in [6.07, 6.45) is 0. The number of fused-ring (bicyclic) bond motifs is 2. The quantitative estimate of drug-likeness (QED) is 0.403.